The molecule has 7 heteroatoms. The fourth-order valence-corrected chi connectivity index (χ4v) is 3.57. The van der Waals surface area contributed by atoms with Crippen molar-refractivity contribution < 1.29 is 19.1 Å². The minimum Gasteiger partial charge on any atom is -0.454 e. The van der Waals surface area contributed by atoms with Crippen LogP contribution in [0.3, 0.4) is 0 Å². The lowest BCUT2D eigenvalue weighted by atomic mass is 9.89. The van der Waals surface area contributed by atoms with Crippen LogP contribution in [0.1, 0.15) is 39.3 Å². The number of fused-ring (bicyclic) bond motifs is 1. The van der Waals surface area contributed by atoms with E-state index in [1.54, 1.807) is 42.2 Å². The molecule has 2 aliphatic rings. The lowest BCUT2D eigenvalue weighted by Crippen LogP contribution is -2.43. The van der Waals surface area contributed by atoms with Gasteiger partial charge >= 0.3 is 0 Å². The van der Waals surface area contributed by atoms with Crippen molar-refractivity contribution >= 4 is 11.7 Å². The number of likely N-dealkylation sites (tertiary alicyclic amines) is 1. The molecule has 1 atom stereocenters. The summed E-state index contributed by atoms with van der Waals surface area (Å²) >= 11 is 0. The molecular formula is C20H20N2O5. The Bertz CT molecular complexity index is 965. The van der Waals surface area contributed by atoms with Gasteiger partial charge in [0.2, 0.25) is 6.79 Å². The van der Waals surface area contributed by atoms with Gasteiger partial charge in [0.1, 0.15) is 5.56 Å². The number of aromatic amines is 1. The van der Waals surface area contributed by atoms with Crippen molar-refractivity contribution in [3.63, 3.8) is 0 Å². The number of Topliss-reactive ketones (excluding diaryl/α,β-unsaturated/α-hetero) is 1. The van der Waals surface area contributed by atoms with E-state index in [0.29, 0.717) is 42.3 Å². The number of amides is 1. The second-order valence-corrected chi connectivity index (χ2v) is 6.91. The monoisotopic (exact) mass is 368 g/mol. The molecule has 1 amide bonds. The Morgan fingerprint density at radius 3 is 2.78 bits per heavy atom. The van der Waals surface area contributed by atoms with E-state index in [1.165, 1.54) is 0 Å². The summed E-state index contributed by atoms with van der Waals surface area (Å²) in [5, 5.41) is 0. The first-order valence-corrected chi connectivity index (χ1v) is 8.96. The lowest BCUT2D eigenvalue weighted by molar-refractivity contribution is 0.0635. The molecule has 0 aliphatic carbocycles. The second kappa shape index (κ2) is 6.90. The highest BCUT2D eigenvalue weighted by atomic mass is 16.7. The predicted molar refractivity (Wildman–Crippen MR) is 97.3 cm³/mol. The fraction of sp³-hybridized carbons (Fsp3) is 0.350. The molecule has 4 rings (SSSR count). The van der Waals surface area contributed by atoms with Gasteiger partial charge in [-0.1, -0.05) is 0 Å². The van der Waals surface area contributed by atoms with E-state index < -0.39 is 5.56 Å². The number of piperidine rings is 1. The highest BCUT2D eigenvalue weighted by Crippen LogP contribution is 2.34. The van der Waals surface area contributed by atoms with Crippen molar-refractivity contribution in [2.75, 3.05) is 19.9 Å². The van der Waals surface area contributed by atoms with Gasteiger partial charge in [0, 0.05) is 30.3 Å². The molecule has 27 heavy (non-hydrogen) atoms. The number of carbonyl (C=O) groups is 2. The number of ether oxygens (including phenoxy) is 2. The Kier molecular flexibility index (Phi) is 4.43. The van der Waals surface area contributed by atoms with Gasteiger partial charge in [-0.3, -0.25) is 14.4 Å². The van der Waals surface area contributed by atoms with Gasteiger partial charge in [-0.05, 0) is 50.1 Å². The molecule has 0 unspecified atom stereocenters. The van der Waals surface area contributed by atoms with Crippen LogP contribution in [-0.2, 0) is 0 Å². The molecule has 3 heterocycles. The molecule has 1 fully saturated rings. The number of pyridine rings is 1. The highest BCUT2D eigenvalue weighted by molar-refractivity contribution is 5.99. The van der Waals surface area contributed by atoms with Crippen LogP contribution in [0.4, 0.5) is 0 Å². The first-order valence-electron chi connectivity index (χ1n) is 8.96. The zero-order valence-corrected chi connectivity index (χ0v) is 15.0. The Balaban J connectivity index is 1.51. The summed E-state index contributed by atoms with van der Waals surface area (Å²) in [7, 11) is 0. The number of hydrogen-bond donors (Lipinski definition) is 1. The van der Waals surface area contributed by atoms with Gasteiger partial charge in [-0.2, -0.15) is 0 Å². The molecule has 1 aromatic heterocycles. The standard InChI is InChI=1S/C20H20N2O5/c1-12-4-6-15(19(24)21-12)20(25)22-8-2-3-14(10-22)18(23)13-5-7-16-17(9-13)27-11-26-16/h4-7,9,14H,2-3,8,10-11H2,1H3,(H,21,24)/t14-/m1/s1. The molecule has 2 aliphatic heterocycles. The Hall–Kier alpha value is -3.09. The van der Waals surface area contributed by atoms with Crippen molar-refractivity contribution in [2.24, 2.45) is 5.92 Å². The number of ketones is 1. The van der Waals surface area contributed by atoms with Crippen molar-refractivity contribution in [1.29, 1.82) is 0 Å². The van der Waals surface area contributed by atoms with E-state index in [0.717, 1.165) is 6.42 Å². The maximum absolute atomic E-state index is 12.9. The number of aryl methyl sites for hydroxylation is 1. The maximum atomic E-state index is 12.9. The zero-order chi connectivity index (χ0) is 19.0. The molecule has 140 valence electrons. The average molecular weight is 368 g/mol. The van der Waals surface area contributed by atoms with Crippen molar-refractivity contribution in [1.82, 2.24) is 9.88 Å². The van der Waals surface area contributed by atoms with Gasteiger partial charge in [0.05, 0.1) is 0 Å². The molecule has 1 aromatic carbocycles. The van der Waals surface area contributed by atoms with Crippen LogP contribution in [0.15, 0.2) is 35.1 Å². The van der Waals surface area contributed by atoms with E-state index in [9.17, 15) is 14.4 Å². The van der Waals surface area contributed by atoms with Crippen LogP contribution in [0.2, 0.25) is 0 Å². The molecule has 1 saturated heterocycles. The number of hydrogen-bond acceptors (Lipinski definition) is 5. The van der Waals surface area contributed by atoms with Crippen LogP contribution < -0.4 is 15.0 Å². The predicted octanol–water partition coefficient (Wildman–Crippen LogP) is 2.15. The average Bonchev–Trinajstić information content (AvgIpc) is 3.15. The van der Waals surface area contributed by atoms with Gasteiger partial charge in [0.15, 0.2) is 17.3 Å². The van der Waals surface area contributed by atoms with Gasteiger partial charge in [-0.25, -0.2) is 0 Å². The molecule has 0 saturated carbocycles. The number of nitrogens with zero attached hydrogens (tertiary/aromatic N) is 1. The van der Waals surface area contributed by atoms with Crippen molar-refractivity contribution in [2.45, 2.75) is 19.8 Å². The van der Waals surface area contributed by atoms with Gasteiger partial charge < -0.3 is 19.4 Å². The van der Waals surface area contributed by atoms with Crippen molar-refractivity contribution in [3.05, 3.63) is 57.5 Å². The van der Waals surface area contributed by atoms with E-state index in [1.807, 2.05) is 0 Å². The quantitative estimate of drug-likeness (QED) is 0.839. The first kappa shape index (κ1) is 17.3. The molecule has 0 spiro atoms. The number of benzene rings is 1. The highest BCUT2D eigenvalue weighted by Gasteiger charge is 2.31. The molecule has 0 bridgehead atoms. The van der Waals surface area contributed by atoms with Crippen LogP contribution in [0.25, 0.3) is 0 Å². The smallest absolute Gasteiger partial charge is 0.260 e. The van der Waals surface area contributed by atoms with Crippen LogP contribution in [0, 0.1) is 12.8 Å². The molecule has 1 N–H and O–H groups in total. The Labute approximate surface area is 155 Å². The topological polar surface area (TPSA) is 88.7 Å². The largest absolute Gasteiger partial charge is 0.454 e. The Morgan fingerprint density at radius 1 is 1.15 bits per heavy atom. The third kappa shape index (κ3) is 3.32. The molecule has 2 aromatic rings. The van der Waals surface area contributed by atoms with E-state index in [2.05, 4.69) is 4.98 Å². The third-order valence-electron chi connectivity index (χ3n) is 5.02. The van der Waals surface area contributed by atoms with Crippen LogP contribution in [-0.4, -0.2) is 41.5 Å². The second-order valence-electron chi connectivity index (χ2n) is 6.91. The third-order valence-corrected chi connectivity index (χ3v) is 5.02. The number of aromatic nitrogens is 1. The number of carbonyl (C=O) groups excluding carboxylic acids is 2. The summed E-state index contributed by atoms with van der Waals surface area (Å²) in [5.41, 5.74) is 0.957. The normalized spacial score (nSPS) is 18.4. The van der Waals surface area contributed by atoms with Crippen LogP contribution >= 0.6 is 0 Å². The number of nitrogens with one attached hydrogen (secondary N) is 1. The summed E-state index contributed by atoms with van der Waals surface area (Å²) in [6.07, 6.45) is 1.43. The van der Waals surface area contributed by atoms with E-state index in [4.69, 9.17) is 9.47 Å². The Morgan fingerprint density at radius 2 is 1.96 bits per heavy atom. The summed E-state index contributed by atoms with van der Waals surface area (Å²) < 4.78 is 10.6. The van der Waals surface area contributed by atoms with E-state index in [-0.39, 0.29) is 30.0 Å². The van der Waals surface area contributed by atoms with Crippen molar-refractivity contribution in [3.8, 4) is 11.5 Å². The summed E-state index contributed by atoms with van der Waals surface area (Å²) in [4.78, 5) is 42.0. The van der Waals surface area contributed by atoms with Gasteiger partial charge in [-0.15, -0.1) is 0 Å². The zero-order valence-electron chi connectivity index (χ0n) is 15.0. The number of H-pyrrole nitrogens is 1. The first-order chi connectivity index (χ1) is 13.0. The maximum Gasteiger partial charge on any atom is 0.260 e. The minimum absolute atomic E-state index is 0.0244. The SMILES string of the molecule is Cc1ccc(C(=O)N2CCC[C@@H](C(=O)c3ccc4c(c3)OCO4)C2)c(=O)[nH]1. The fourth-order valence-electron chi connectivity index (χ4n) is 3.57. The summed E-state index contributed by atoms with van der Waals surface area (Å²) in [6.45, 7) is 2.76. The lowest BCUT2D eigenvalue weighted by Gasteiger charge is -2.32. The van der Waals surface area contributed by atoms with E-state index >= 15 is 0 Å². The van der Waals surface area contributed by atoms with Gasteiger partial charge in [0.25, 0.3) is 11.5 Å². The molecule has 7 nitrogen and oxygen atoms in total. The minimum atomic E-state index is -0.399. The number of rotatable bonds is 3. The molecular weight excluding hydrogens is 348 g/mol. The van der Waals surface area contributed by atoms with Crippen LogP contribution in [0.5, 0.6) is 11.5 Å². The summed E-state index contributed by atoms with van der Waals surface area (Å²) in [5.74, 6) is 0.539. The molecule has 0 radical (unpaired) electrons. The summed E-state index contributed by atoms with van der Waals surface area (Å²) in [6, 6.07) is 8.39.